The van der Waals surface area contributed by atoms with Crippen LogP contribution in [-0.2, 0) is 0 Å². The Morgan fingerprint density at radius 2 is 1.92 bits per heavy atom. The first-order valence-corrected chi connectivity index (χ1v) is 7.85. The van der Waals surface area contributed by atoms with Gasteiger partial charge in [0, 0.05) is 30.5 Å². The molecule has 0 saturated heterocycles. The van der Waals surface area contributed by atoms with Gasteiger partial charge in [0.2, 0.25) is 0 Å². The van der Waals surface area contributed by atoms with E-state index in [0.29, 0.717) is 24.3 Å². The summed E-state index contributed by atoms with van der Waals surface area (Å²) in [5.74, 6) is -1.24. The van der Waals surface area contributed by atoms with Crippen LogP contribution in [0.2, 0.25) is 5.02 Å². The third-order valence-corrected chi connectivity index (χ3v) is 3.76. The topological polar surface area (TPSA) is 62.3 Å². The van der Waals surface area contributed by atoms with Gasteiger partial charge in [-0.2, -0.15) is 0 Å². The van der Waals surface area contributed by atoms with Crippen molar-refractivity contribution in [1.82, 2.24) is 9.88 Å². The van der Waals surface area contributed by atoms with E-state index in [-0.39, 0.29) is 16.6 Å². The van der Waals surface area contributed by atoms with E-state index in [4.69, 9.17) is 11.6 Å². The zero-order valence-electron chi connectivity index (χ0n) is 13.3. The normalized spacial score (nSPS) is 10.3. The van der Waals surface area contributed by atoms with Crippen LogP contribution >= 0.6 is 11.6 Å². The highest BCUT2D eigenvalue weighted by atomic mass is 35.5. The number of amides is 2. The Balaban J connectivity index is 2.19. The molecular weight excluding hydrogens is 333 g/mol. The van der Waals surface area contributed by atoms with Gasteiger partial charge in [-0.05, 0) is 44.2 Å². The summed E-state index contributed by atoms with van der Waals surface area (Å²) in [7, 11) is 0. The second-order valence-electron chi connectivity index (χ2n) is 4.99. The maximum atomic E-state index is 13.1. The highest BCUT2D eigenvalue weighted by Gasteiger charge is 2.16. The molecule has 5 nitrogen and oxygen atoms in total. The van der Waals surface area contributed by atoms with Crippen molar-refractivity contribution in [3.8, 4) is 0 Å². The fraction of sp³-hybridized carbons (Fsp3) is 0.235. The lowest BCUT2D eigenvalue weighted by Crippen LogP contribution is -2.30. The molecule has 0 fully saturated rings. The Hall–Kier alpha value is -2.47. The Morgan fingerprint density at radius 3 is 2.54 bits per heavy atom. The molecule has 2 aromatic rings. The van der Waals surface area contributed by atoms with E-state index in [1.54, 1.807) is 11.0 Å². The molecule has 24 heavy (non-hydrogen) atoms. The number of hydrogen-bond donors (Lipinski definition) is 1. The standard InChI is InChI=1S/C17H17ClFN3O2/c1-3-22(4-2)17(24)11-7-8-20-15(9-11)16(23)21-12-5-6-14(19)13(18)10-12/h5-10H,3-4H2,1-2H3,(H,21,23). The van der Waals surface area contributed by atoms with Crippen molar-refractivity contribution in [1.29, 1.82) is 0 Å². The van der Waals surface area contributed by atoms with Gasteiger partial charge in [0.1, 0.15) is 11.5 Å². The first-order valence-electron chi connectivity index (χ1n) is 7.48. The summed E-state index contributed by atoms with van der Waals surface area (Å²) < 4.78 is 13.1. The molecule has 1 aromatic carbocycles. The molecule has 1 N–H and O–H groups in total. The summed E-state index contributed by atoms with van der Waals surface area (Å²) in [6.45, 7) is 4.92. The van der Waals surface area contributed by atoms with Gasteiger partial charge < -0.3 is 10.2 Å². The van der Waals surface area contributed by atoms with Gasteiger partial charge in [-0.1, -0.05) is 11.6 Å². The van der Waals surface area contributed by atoms with E-state index in [2.05, 4.69) is 10.3 Å². The van der Waals surface area contributed by atoms with E-state index in [9.17, 15) is 14.0 Å². The lowest BCUT2D eigenvalue weighted by molar-refractivity contribution is 0.0773. The lowest BCUT2D eigenvalue weighted by Gasteiger charge is -2.18. The quantitative estimate of drug-likeness (QED) is 0.897. The smallest absolute Gasteiger partial charge is 0.274 e. The number of benzene rings is 1. The number of carbonyl (C=O) groups excluding carboxylic acids is 2. The van der Waals surface area contributed by atoms with E-state index in [1.807, 2.05) is 13.8 Å². The third kappa shape index (κ3) is 4.08. The van der Waals surface area contributed by atoms with Crippen LogP contribution in [0.4, 0.5) is 10.1 Å². The summed E-state index contributed by atoms with van der Waals surface area (Å²) in [4.78, 5) is 30.2. The highest BCUT2D eigenvalue weighted by Crippen LogP contribution is 2.20. The van der Waals surface area contributed by atoms with Crippen LogP contribution in [0.15, 0.2) is 36.5 Å². The average molecular weight is 350 g/mol. The molecule has 0 spiro atoms. The molecule has 2 rings (SSSR count). The number of carbonyl (C=O) groups is 2. The lowest BCUT2D eigenvalue weighted by atomic mass is 10.2. The zero-order chi connectivity index (χ0) is 17.7. The van der Waals surface area contributed by atoms with Gasteiger partial charge in [0.15, 0.2) is 0 Å². The predicted molar refractivity (Wildman–Crippen MR) is 90.9 cm³/mol. The minimum Gasteiger partial charge on any atom is -0.339 e. The summed E-state index contributed by atoms with van der Waals surface area (Å²) in [6, 6.07) is 6.85. The number of nitrogens with one attached hydrogen (secondary N) is 1. The van der Waals surface area contributed by atoms with Crippen molar-refractivity contribution in [3.05, 3.63) is 58.6 Å². The second kappa shape index (κ2) is 7.88. The average Bonchev–Trinajstić information content (AvgIpc) is 2.59. The second-order valence-corrected chi connectivity index (χ2v) is 5.40. The van der Waals surface area contributed by atoms with Gasteiger partial charge in [-0.3, -0.25) is 14.6 Å². The van der Waals surface area contributed by atoms with E-state index < -0.39 is 11.7 Å². The molecule has 0 radical (unpaired) electrons. The molecule has 7 heteroatoms. The van der Waals surface area contributed by atoms with Crippen molar-refractivity contribution in [2.45, 2.75) is 13.8 Å². The minimum absolute atomic E-state index is 0.0912. The van der Waals surface area contributed by atoms with Crippen LogP contribution < -0.4 is 5.32 Å². The fourth-order valence-electron chi connectivity index (χ4n) is 2.15. The number of rotatable bonds is 5. The van der Waals surface area contributed by atoms with Crippen LogP contribution in [-0.4, -0.2) is 34.8 Å². The molecular formula is C17H17ClFN3O2. The number of hydrogen-bond acceptors (Lipinski definition) is 3. The molecule has 0 aliphatic carbocycles. The van der Waals surface area contributed by atoms with Crippen molar-refractivity contribution < 1.29 is 14.0 Å². The van der Waals surface area contributed by atoms with Gasteiger partial charge in [-0.25, -0.2) is 4.39 Å². The molecule has 0 aliphatic heterocycles. The van der Waals surface area contributed by atoms with Crippen LogP contribution in [0.3, 0.4) is 0 Å². The molecule has 0 bridgehead atoms. The SMILES string of the molecule is CCN(CC)C(=O)c1ccnc(C(=O)Nc2ccc(F)c(Cl)c2)c1. The third-order valence-electron chi connectivity index (χ3n) is 3.47. The number of aromatic nitrogens is 1. The maximum absolute atomic E-state index is 13.1. The predicted octanol–water partition coefficient (Wildman–Crippen LogP) is 3.61. The Morgan fingerprint density at radius 1 is 1.21 bits per heavy atom. The molecule has 126 valence electrons. The number of pyridine rings is 1. The molecule has 0 atom stereocenters. The summed E-state index contributed by atoms with van der Waals surface area (Å²) in [5, 5.41) is 2.48. The van der Waals surface area contributed by atoms with Gasteiger partial charge in [0.05, 0.1) is 5.02 Å². The summed E-state index contributed by atoms with van der Waals surface area (Å²) >= 11 is 5.68. The van der Waals surface area contributed by atoms with E-state index in [1.165, 1.54) is 24.4 Å². The molecule has 1 heterocycles. The molecule has 0 saturated carbocycles. The van der Waals surface area contributed by atoms with Crippen LogP contribution in [0.25, 0.3) is 0 Å². The first kappa shape index (κ1) is 17.9. The van der Waals surface area contributed by atoms with Crippen LogP contribution in [0.5, 0.6) is 0 Å². The largest absolute Gasteiger partial charge is 0.339 e. The van der Waals surface area contributed by atoms with Crippen molar-refractivity contribution in [2.24, 2.45) is 0 Å². The number of nitrogens with zero attached hydrogens (tertiary/aromatic N) is 2. The Labute approximate surface area is 144 Å². The first-order chi connectivity index (χ1) is 11.5. The molecule has 0 unspecified atom stereocenters. The number of anilines is 1. The summed E-state index contributed by atoms with van der Waals surface area (Å²) in [5.41, 5.74) is 0.818. The van der Waals surface area contributed by atoms with Crippen molar-refractivity contribution in [3.63, 3.8) is 0 Å². The maximum Gasteiger partial charge on any atom is 0.274 e. The fourth-order valence-corrected chi connectivity index (χ4v) is 2.33. The van der Waals surface area contributed by atoms with Crippen molar-refractivity contribution in [2.75, 3.05) is 18.4 Å². The number of halogens is 2. The summed E-state index contributed by atoms with van der Waals surface area (Å²) in [6.07, 6.45) is 1.41. The van der Waals surface area contributed by atoms with Gasteiger partial charge in [-0.15, -0.1) is 0 Å². The highest BCUT2D eigenvalue weighted by molar-refractivity contribution is 6.31. The zero-order valence-corrected chi connectivity index (χ0v) is 14.1. The van der Waals surface area contributed by atoms with E-state index >= 15 is 0 Å². The van der Waals surface area contributed by atoms with Crippen molar-refractivity contribution >= 4 is 29.1 Å². The van der Waals surface area contributed by atoms with E-state index in [0.717, 1.165) is 6.07 Å². The monoisotopic (exact) mass is 349 g/mol. The minimum atomic E-state index is -0.570. The van der Waals surface area contributed by atoms with Gasteiger partial charge in [0.25, 0.3) is 11.8 Å². The Bertz CT molecular complexity index is 763. The molecule has 0 aliphatic rings. The molecule has 2 amide bonds. The van der Waals surface area contributed by atoms with Gasteiger partial charge >= 0.3 is 0 Å². The van der Waals surface area contributed by atoms with Crippen LogP contribution in [0.1, 0.15) is 34.7 Å². The van der Waals surface area contributed by atoms with Crippen LogP contribution in [0, 0.1) is 5.82 Å². The Kier molecular flexibility index (Phi) is 5.87. The molecule has 1 aromatic heterocycles.